The van der Waals surface area contributed by atoms with Crippen LogP contribution in [0.15, 0.2) is 24.3 Å². The molecule has 1 aromatic heterocycles. The summed E-state index contributed by atoms with van der Waals surface area (Å²) >= 11 is 1.52. The number of fused-ring (bicyclic) bond motifs is 1. The number of nitrogen functional groups attached to an aromatic ring is 1. The SMILES string of the molecule is CCCC1CCN(C(=O)c2sc3ccccc3c2N)CC1. The molecule has 0 radical (unpaired) electrons. The van der Waals surface area contributed by atoms with Gasteiger partial charge in [0.05, 0.1) is 5.69 Å². The highest BCUT2D eigenvalue weighted by Crippen LogP contribution is 2.35. The van der Waals surface area contributed by atoms with Crippen LogP contribution in [-0.2, 0) is 0 Å². The van der Waals surface area contributed by atoms with E-state index in [2.05, 4.69) is 6.92 Å². The fourth-order valence-corrected chi connectivity index (χ4v) is 4.29. The van der Waals surface area contributed by atoms with Crippen molar-refractivity contribution in [1.82, 2.24) is 4.90 Å². The zero-order valence-corrected chi connectivity index (χ0v) is 13.3. The van der Waals surface area contributed by atoms with E-state index >= 15 is 0 Å². The minimum atomic E-state index is 0.114. The van der Waals surface area contributed by atoms with E-state index in [1.807, 2.05) is 29.2 Å². The van der Waals surface area contributed by atoms with Crippen molar-refractivity contribution in [3.63, 3.8) is 0 Å². The van der Waals surface area contributed by atoms with Gasteiger partial charge in [-0.25, -0.2) is 0 Å². The Labute approximate surface area is 129 Å². The summed E-state index contributed by atoms with van der Waals surface area (Å²) in [7, 11) is 0. The molecule has 1 fully saturated rings. The summed E-state index contributed by atoms with van der Waals surface area (Å²) in [5.74, 6) is 0.905. The van der Waals surface area contributed by atoms with Gasteiger partial charge in [-0.2, -0.15) is 0 Å². The predicted molar refractivity (Wildman–Crippen MR) is 89.8 cm³/mol. The van der Waals surface area contributed by atoms with Gasteiger partial charge in [0.15, 0.2) is 0 Å². The number of amides is 1. The van der Waals surface area contributed by atoms with E-state index in [1.54, 1.807) is 0 Å². The normalized spacial score (nSPS) is 16.5. The molecule has 3 nitrogen and oxygen atoms in total. The summed E-state index contributed by atoms with van der Waals surface area (Å²) in [6, 6.07) is 7.98. The maximum atomic E-state index is 12.7. The molecule has 4 heteroatoms. The second-order valence-electron chi connectivity index (χ2n) is 5.87. The van der Waals surface area contributed by atoms with Gasteiger partial charge < -0.3 is 10.6 Å². The molecule has 0 aliphatic carbocycles. The highest BCUT2D eigenvalue weighted by atomic mass is 32.1. The standard InChI is InChI=1S/C17H22N2OS/c1-2-5-12-8-10-19(11-9-12)17(20)16-15(18)13-6-3-4-7-14(13)21-16/h3-4,6-7,12H,2,5,8-11,18H2,1H3. The topological polar surface area (TPSA) is 46.3 Å². The number of benzene rings is 1. The van der Waals surface area contributed by atoms with E-state index in [9.17, 15) is 4.79 Å². The number of anilines is 1. The molecule has 2 aromatic rings. The van der Waals surface area contributed by atoms with Crippen LogP contribution in [0.1, 0.15) is 42.3 Å². The highest BCUT2D eigenvalue weighted by molar-refractivity contribution is 7.21. The Morgan fingerprint density at radius 1 is 1.33 bits per heavy atom. The number of piperidine rings is 1. The molecule has 1 saturated heterocycles. The van der Waals surface area contributed by atoms with E-state index < -0.39 is 0 Å². The number of nitrogens with two attached hydrogens (primary N) is 1. The van der Waals surface area contributed by atoms with Crippen molar-refractivity contribution in [1.29, 1.82) is 0 Å². The molecule has 0 atom stereocenters. The fourth-order valence-electron chi connectivity index (χ4n) is 3.20. The molecule has 3 rings (SSSR count). The van der Waals surface area contributed by atoms with Crippen molar-refractivity contribution in [3.8, 4) is 0 Å². The van der Waals surface area contributed by atoms with Gasteiger partial charge in [0.2, 0.25) is 0 Å². The number of carbonyl (C=O) groups excluding carboxylic acids is 1. The summed E-state index contributed by atoms with van der Waals surface area (Å²) in [5.41, 5.74) is 6.83. The Balaban J connectivity index is 1.77. The highest BCUT2D eigenvalue weighted by Gasteiger charge is 2.26. The van der Waals surface area contributed by atoms with Crippen LogP contribution in [0.4, 0.5) is 5.69 Å². The van der Waals surface area contributed by atoms with Crippen LogP contribution in [0, 0.1) is 5.92 Å². The van der Waals surface area contributed by atoms with Gasteiger partial charge in [-0.3, -0.25) is 4.79 Å². The number of hydrogen-bond acceptors (Lipinski definition) is 3. The third-order valence-electron chi connectivity index (χ3n) is 4.43. The molecule has 112 valence electrons. The lowest BCUT2D eigenvalue weighted by molar-refractivity contribution is 0.0692. The van der Waals surface area contributed by atoms with Gasteiger partial charge in [-0.15, -0.1) is 11.3 Å². The van der Waals surface area contributed by atoms with Crippen molar-refractivity contribution < 1.29 is 4.79 Å². The van der Waals surface area contributed by atoms with E-state index in [0.29, 0.717) is 10.6 Å². The Hall–Kier alpha value is -1.55. The second kappa shape index (κ2) is 6.06. The van der Waals surface area contributed by atoms with Crippen LogP contribution in [-0.4, -0.2) is 23.9 Å². The van der Waals surface area contributed by atoms with Crippen LogP contribution in [0.5, 0.6) is 0 Å². The largest absolute Gasteiger partial charge is 0.397 e. The zero-order valence-electron chi connectivity index (χ0n) is 12.5. The first-order valence-electron chi connectivity index (χ1n) is 7.77. The lowest BCUT2D eigenvalue weighted by Gasteiger charge is -2.31. The first kappa shape index (κ1) is 14.4. The molecule has 21 heavy (non-hydrogen) atoms. The van der Waals surface area contributed by atoms with E-state index in [4.69, 9.17) is 5.73 Å². The summed E-state index contributed by atoms with van der Waals surface area (Å²) < 4.78 is 1.10. The molecular formula is C17H22N2OS. The molecule has 1 aromatic carbocycles. The maximum Gasteiger partial charge on any atom is 0.266 e. The molecule has 0 unspecified atom stereocenters. The van der Waals surface area contributed by atoms with E-state index in [-0.39, 0.29) is 5.91 Å². The van der Waals surface area contributed by atoms with Crippen LogP contribution in [0.25, 0.3) is 10.1 Å². The van der Waals surface area contributed by atoms with Gasteiger partial charge >= 0.3 is 0 Å². The summed E-state index contributed by atoms with van der Waals surface area (Å²) in [6.07, 6.45) is 4.78. The van der Waals surface area contributed by atoms with Gasteiger partial charge in [0.25, 0.3) is 5.91 Å². The lowest BCUT2D eigenvalue weighted by Crippen LogP contribution is -2.38. The lowest BCUT2D eigenvalue weighted by atomic mass is 9.92. The Morgan fingerprint density at radius 2 is 2.05 bits per heavy atom. The molecule has 1 aliphatic rings. The van der Waals surface area contributed by atoms with E-state index in [0.717, 1.165) is 41.9 Å². The van der Waals surface area contributed by atoms with Gasteiger partial charge in [0, 0.05) is 23.2 Å². The summed E-state index contributed by atoms with van der Waals surface area (Å²) in [6.45, 7) is 3.98. The van der Waals surface area contributed by atoms with Crippen molar-refractivity contribution in [2.75, 3.05) is 18.8 Å². The molecule has 1 aliphatic heterocycles. The van der Waals surface area contributed by atoms with Crippen molar-refractivity contribution in [2.45, 2.75) is 32.6 Å². The number of carbonyl (C=O) groups is 1. The van der Waals surface area contributed by atoms with Crippen LogP contribution >= 0.6 is 11.3 Å². The van der Waals surface area contributed by atoms with Crippen LogP contribution in [0.2, 0.25) is 0 Å². The van der Waals surface area contributed by atoms with Gasteiger partial charge in [-0.1, -0.05) is 38.0 Å². The van der Waals surface area contributed by atoms with Crippen molar-refractivity contribution >= 4 is 33.0 Å². The molecule has 1 amide bonds. The van der Waals surface area contributed by atoms with E-state index in [1.165, 1.54) is 24.2 Å². The minimum absolute atomic E-state index is 0.114. The summed E-state index contributed by atoms with van der Waals surface area (Å²) in [4.78, 5) is 15.4. The average molecular weight is 302 g/mol. The maximum absolute atomic E-state index is 12.7. The smallest absolute Gasteiger partial charge is 0.266 e. The average Bonchev–Trinajstić information content (AvgIpc) is 2.85. The van der Waals surface area contributed by atoms with Gasteiger partial charge in [-0.05, 0) is 24.8 Å². The third kappa shape index (κ3) is 2.77. The van der Waals surface area contributed by atoms with Crippen LogP contribution in [0.3, 0.4) is 0 Å². The molecular weight excluding hydrogens is 280 g/mol. The molecule has 0 bridgehead atoms. The Morgan fingerprint density at radius 3 is 2.71 bits per heavy atom. The number of hydrogen-bond donors (Lipinski definition) is 1. The fraction of sp³-hybridized carbons (Fsp3) is 0.471. The zero-order chi connectivity index (χ0) is 14.8. The molecule has 0 saturated carbocycles. The second-order valence-corrected chi connectivity index (χ2v) is 6.92. The first-order chi connectivity index (χ1) is 10.2. The van der Waals surface area contributed by atoms with Gasteiger partial charge in [0.1, 0.15) is 4.88 Å². The van der Waals surface area contributed by atoms with Crippen LogP contribution < -0.4 is 5.73 Å². The quantitative estimate of drug-likeness (QED) is 0.926. The predicted octanol–water partition coefficient (Wildman–Crippen LogP) is 4.14. The Bertz CT molecular complexity index is 641. The third-order valence-corrected chi connectivity index (χ3v) is 5.60. The number of likely N-dealkylation sites (tertiary alicyclic amines) is 1. The number of nitrogens with zero attached hydrogens (tertiary/aromatic N) is 1. The van der Waals surface area contributed by atoms with Crippen molar-refractivity contribution in [2.24, 2.45) is 5.92 Å². The first-order valence-corrected chi connectivity index (χ1v) is 8.58. The number of thiophene rings is 1. The molecule has 2 heterocycles. The molecule has 0 spiro atoms. The Kier molecular flexibility index (Phi) is 4.15. The monoisotopic (exact) mass is 302 g/mol. The van der Waals surface area contributed by atoms with Crippen molar-refractivity contribution in [3.05, 3.63) is 29.1 Å². The molecule has 2 N–H and O–H groups in total. The summed E-state index contributed by atoms with van der Waals surface area (Å²) in [5, 5.41) is 1.01. The minimum Gasteiger partial charge on any atom is -0.397 e. The number of rotatable bonds is 3.